The van der Waals surface area contributed by atoms with E-state index in [-0.39, 0.29) is 0 Å². The molecule has 0 radical (unpaired) electrons. The molecule has 0 N–H and O–H groups in total. The van der Waals surface area contributed by atoms with E-state index in [0.717, 1.165) is 6.42 Å². The maximum absolute atomic E-state index is 6.08. The van der Waals surface area contributed by atoms with Gasteiger partial charge in [-0.3, -0.25) is 0 Å². The molecular weight excluding hydrogens is 188 g/mol. The van der Waals surface area contributed by atoms with Crippen molar-refractivity contribution < 1.29 is 4.43 Å². The lowest BCUT2D eigenvalue weighted by molar-refractivity contribution is 0.290. The van der Waals surface area contributed by atoms with Gasteiger partial charge in [-0.1, -0.05) is 13.8 Å². The van der Waals surface area contributed by atoms with Gasteiger partial charge in [0.15, 0.2) is 0 Å². The van der Waals surface area contributed by atoms with Crippen molar-refractivity contribution in [3.05, 3.63) is 11.8 Å². The molecule has 0 unspecified atom stereocenters. The third kappa shape index (κ3) is 3.49. The molecule has 1 aliphatic carbocycles. The van der Waals surface area contributed by atoms with E-state index in [1.54, 1.807) is 0 Å². The Kier molecular flexibility index (Phi) is 3.46. The molecule has 0 aromatic rings. The predicted octanol–water partition coefficient (Wildman–Crippen LogP) is 4.32. The Hall–Kier alpha value is -0.243. The van der Waals surface area contributed by atoms with Crippen LogP contribution in [0, 0.1) is 5.41 Å². The molecule has 2 heteroatoms. The molecule has 1 atom stereocenters. The summed E-state index contributed by atoms with van der Waals surface area (Å²) in [7, 11) is -1.39. The first-order valence-corrected chi connectivity index (χ1v) is 9.16. The first-order chi connectivity index (χ1) is 6.35. The van der Waals surface area contributed by atoms with Crippen molar-refractivity contribution in [1.29, 1.82) is 0 Å². The van der Waals surface area contributed by atoms with Crippen LogP contribution >= 0.6 is 0 Å². The van der Waals surface area contributed by atoms with Gasteiger partial charge in [-0.05, 0) is 50.4 Å². The number of hydrogen-bond acceptors (Lipinski definition) is 1. The fourth-order valence-corrected chi connectivity index (χ4v) is 2.90. The molecule has 0 aromatic carbocycles. The minimum Gasteiger partial charge on any atom is -0.548 e. The van der Waals surface area contributed by atoms with Crippen LogP contribution in [0.5, 0.6) is 0 Å². The SMILES string of the molecule is CC[C@@]1(C)C=C(O[Si](C)(C)C)CCC1. The summed E-state index contributed by atoms with van der Waals surface area (Å²) >= 11 is 0. The van der Waals surface area contributed by atoms with Crippen molar-refractivity contribution >= 4 is 8.32 Å². The first kappa shape index (κ1) is 11.8. The third-order valence-electron chi connectivity index (χ3n) is 2.93. The average molecular weight is 212 g/mol. The summed E-state index contributed by atoms with van der Waals surface area (Å²) in [6.07, 6.45) is 7.38. The van der Waals surface area contributed by atoms with Gasteiger partial charge in [-0.15, -0.1) is 0 Å². The second-order valence-electron chi connectivity index (χ2n) is 5.69. The van der Waals surface area contributed by atoms with Crippen molar-refractivity contribution in [2.24, 2.45) is 5.41 Å². The van der Waals surface area contributed by atoms with E-state index in [2.05, 4.69) is 39.6 Å². The van der Waals surface area contributed by atoms with Crippen LogP contribution in [0.4, 0.5) is 0 Å². The number of allylic oxidation sites excluding steroid dienone is 2. The molecule has 0 bridgehead atoms. The molecule has 0 aliphatic heterocycles. The van der Waals surface area contributed by atoms with Crippen molar-refractivity contribution in [3.63, 3.8) is 0 Å². The highest BCUT2D eigenvalue weighted by molar-refractivity contribution is 6.70. The van der Waals surface area contributed by atoms with Gasteiger partial charge in [0.25, 0.3) is 0 Å². The molecule has 82 valence electrons. The fourth-order valence-electron chi connectivity index (χ4n) is 1.95. The second-order valence-corrected chi connectivity index (χ2v) is 10.1. The Labute approximate surface area is 89.7 Å². The summed E-state index contributed by atoms with van der Waals surface area (Å²) in [5.74, 6) is 1.26. The lowest BCUT2D eigenvalue weighted by Gasteiger charge is -2.33. The topological polar surface area (TPSA) is 9.23 Å². The highest BCUT2D eigenvalue weighted by atomic mass is 28.4. The van der Waals surface area contributed by atoms with E-state index in [9.17, 15) is 0 Å². The molecule has 0 amide bonds. The van der Waals surface area contributed by atoms with Gasteiger partial charge in [0.2, 0.25) is 8.32 Å². The molecule has 0 saturated heterocycles. The summed E-state index contributed by atoms with van der Waals surface area (Å²) < 4.78 is 6.08. The number of rotatable bonds is 3. The lowest BCUT2D eigenvalue weighted by Crippen LogP contribution is -2.27. The van der Waals surface area contributed by atoms with Crippen LogP contribution in [0.15, 0.2) is 11.8 Å². The maximum atomic E-state index is 6.08. The van der Waals surface area contributed by atoms with Crippen molar-refractivity contribution in [2.45, 2.75) is 59.2 Å². The molecule has 0 spiro atoms. The van der Waals surface area contributed by atoms with Crippen LogP contribution in [0.25, 0.3) is 0 Å². The first-order valence-electron chi connectivity index (χ1n) is 5.75. The highest BCUT2D eigenvalue weighted by Crippen LogP contribution is 2.37. The minimum absolute atomic E-state index is 0.396. The average Bonchev–Trinajstić information content (AvgIpc) is 2.01. The predicted molar refractivity (Wildman–Crippen MR) is 64.8 cm³/mol. The van der Waals surface area contributed by atoms with Gasteiger partial charge in [0, 0.05) is 6.42 Å². The molecule has 0 heterocycles. The van der Waals surface area contributed by atoms with Crippen LogP contribution in [-0.2, 0) is 4.43 Å². The zero-order chi connectivity index (χ0) is 10.8. The molecule has 0 aromatic heterocycles. The largest absolute Gasteiger partial charge is 0.548 e. The summed E-state index contributed by atoms with van der Waals surface area (Å²) in [5.41, 5.74) is 0.396. The molecule has 1 nitrogen and oxygen atoms in total. The third-order valence-corrected chi connectivity index (χ3v) is 3.80. The van der Waals surface area contributed by atoms with Crippen molar-refractivity contribution in [3.8, 4) is 0 Å². The normalized spacial score (nSPS) is 28.5. The second kappa shape index (κ2) is 4.09. The van der Waals surface area contributed by atoms with E-state index in [4.69, 9.17) is 4.43 Å². The lowest BCUT2D eigenvalue weighted by atomic mass is 9.78. The molecule has 0 saturated carbocycles. The highest BCUT2D eigenvalue weighted by Gasteiger charge is 2.26. The quantitative estimate of drug-likeness (QED) is 0.633. The van der Waals surface area contributed by atoms with E-state index in [0.29, 0.717) is 5.41 Å². The Morgan fingerprint density at radius 1 is 1.43 bits per heavy atom. The fraction of sp³-hybridized carbons (Fsp3) is 0.833. The monoisotopic (exact) mass is 212 g/mol. The van der Waals surface area contributed by atoms with Crippen LogP contribution in [0.2, 0.25) is 19.6 Å². The minimum atomic E-state index is -1.39. The van der Waals surface area contributed by atoms with E-state index in [1.165, 1.54) is 25.0 Å². The Balaban J connectivity index is 2.70. The summed E-state index contributed by atoms with van der Waals surface area (Å²) in [6.45, 7) is 11.4. The Morgan fingerprint density at radius 3 is 2.57 bits per heavy atom. The zero-order valence-corrected chi connectivity index (χ0v) is 11.3. The van der Waals surface area contributed by atoms with E-state index < -0.39 is 8.32 Å². The van der Waals surface area contributed by atoms with Crippen LogP contribution in [0.1, 0.15) is 39.5 Å². The smallest absolute Gasteiger partial charge is 0.241 e. The van der Waals surface area contributed by atoms with E-state index >= 15 is 0 Å². The van der Waals surface area contributed by atoms with Crippen LogP contribution in [0.3, 0.4) is 0 Å². The van der Waals surface area contributed by atoms with Gasteiger partial charge in [-0.25, -0.2) is 0 Å². The summed E-state index contributed by atoms with van der Waals surface area (Å²) in [4.78, 5) is 0. The maximum Gasteiger partial charge on any atom is 0.241 e. The Bertz CT molecular complexity index is 227. The summed E-state index contributed by atoms with van der Waals surface area (Å²) in [5, 5.41) is 0. The van der Waals surface area contributed by atoms with Gasteiger partial charge < -0.3 is 4.43 Å². The Morgan fingerprint density at radius 2 is 2.07 bits per heavy atom. The van der Waals surface area contributed by atoms with Gasteiger partial charge in [0.05, 0.1) is 5.76 Å². The van der Waals surface area contributed by atoms with Crippen molar-refractivity contribution in [1.82, 2.24) is 0 Å². The standard InChI is InChI=1S/C12H24OSi/c1-6-12(2)9-7-8-11(10-12)13-14(3,4)5/h10H,6-9H2,1-5H3/t12-/m1/s1. The van der Waals surface area contributed by atoms with E-state index in [1.807, 2.05) is 0 Å². The summed E-state index contributed by atoms with van der Waals surface area (Å²) in [6, 6.07) is 0. The van der Waals surface area contributed by atoms with Crippen LogP contribution in [-0.4, -0.2) is 8.32 Å². The van der Waals surface area contributed by atoms with Gasteiger partial charge >= 0.3 is 0 Å². The molecule has 1 aliphatic rings. The molecule has 1 rings (SSSR count). The van der Waals surface area contributed by atoms with Crippen molar-refractivity contribution in [2.75, 3.05) is 0 Å². The van der Waals surface area contributed by atoms with Crippen LogP contribution < -0.4 is 0 Å². The zero-order valence-electron chi connectivity index (χ0n) is 10.3. The van der Waals surface area contributed by atoms with Gasteiger partial charge in [-0.2, -0.15) is 0 Å². The molecule has 0 fully saturated rings. The van der Waals surface area contributed by atoms with Gasteiger partial charge in [0.1, 0.15) is 0 Å². The molecular formula is C12H24OSi. The molecule has 14 heavy (non-hydrogen) atoms. The number of hydrogen-bond donors (Lipinski definition) is 0.